The number of rotatable bonds is 4. The van der Waals surface area contributed by atoms with Crippen LogP contribution < -0.4 is 10.2 Å². The minimum atomic E-state index is -0.356. The van der Waals surface area contributed by atoms with Gasteiger partial charge in [0.15, 0.2) is 0 Å². The zero-order valence-electron chi connectivity index (χ0n) is 17.7. The molecule has 1 atom stereocenters. The van der Waals surface area contributed by atoms with Crippen LogP contribution in [0.15, 0.2) is 18.2 Å². The van der Waals surface area contributed by atoms with Crippen molar-refractivity contribution in [1.29, 1.82) is 0 Å². The number of aryl methyl sites for hydroxylation is 1. The van der Waals surface area contributed by atoms with Crippen LogP contribution in [0.1, 0.15) is 44.4 Å². The second-order valence-electron chi connectivity index (χ2n) is 9.23. The van der Waals surface area contributed by atoms with E-state index in [1.807, 2.05) is 20.8 Å². The van der Waals surface area contributed by atoms with Gasteiger partial charge in [-0.3, -0.25) is 9.69 Å². The molecule has 27 heavy (non-hydrogen) atoms. The number of likely N-dealkylation sites (N-methyl/N-ethyl adjacent to an activating group) is 1. The maximum atomic E-state index is 12.5. The van der Waals surface area contributed by atoms with Gasteiger partial charge < -0.3 is 15.1 Å². The lowest BCUT2D eigenvalue weighted by atomic mass is 9.94. The summed E-state index contributed by atoms with van der Waals surface area (Å²) in [6, 6.07) is 7.17. The third-order valence-corrected chi connectivity index (χ3v) is 5.96. The molecule has 0 spiro atoms. The number of benzene rings is 1. The normalized spacial score (nSPS) is 20.3. The van der Waals surface area contributed by atoms with Gasteiger partial charge in [0.1, 0.15) is 0 Å². The fraction of sp³-hybridized carbons (Fsp3) is 0.682. The number of fused-ring (bicyclic) bond motifs is 1. The summed E-state index contributed by atoms with van der Waals surface area (Å²) in [5.41, 5.74) is 3.79. The number of hydrogen-bond acceptors (Lipinski definition) is 4. The Morgan fingerprint density at radius 2 is 1.81 bits per heavy atom. The Bertz CT molecular complexity index is 659. The molecule has 1 fully saturated rings. The number of carbonyl (C=O) groups excluding carboxylic acids is 1. The highest BCUT2D eigenvalue weighted by Gasteiger charge is 2.28. The van der Waals surface area contributed by atoms with Crippen LogP contribution in [0.4, 0.5) is 5.69 Å². The van der Waals surface area contributed by atoms with Gasteiger partial charge in [-0.15, -0.1) is 0 Å². The van der Waals surface area contributed by atoms with Gasteiger partial charge in [-0.1, -0.05) is 32.9 Å². The van der Waals surface area contributed by atoms with Crippen LogP contribution in [0, 0.1) is 5.41 Å². The Balaban J connectivity index is 1.82. The van der Waals surface area contributed by atoms with Crippen LogP contribution in [0.3, 0.4) is 0 Å². The van der Waals surface area contributed by atoms with E-state index < -0.39 is 0 Å². The van der Waals surface area contributed by atoms with E-state index in [4.69, 9.17) is 0 Å². The van der Waals surface area contributed by atoms with Crippen LogP contribution in [-0.4, -0.2) is 69.1 Å². The molecule has 0 saturated carbocycles. The molecule has 2 aliphatic rings. The number of anilines is 1. The van der Waals surface area contributed by atoms with Crippen molar-refractivity contribution in [3.8, 4) is 0 Å². The standard InChI is InChI=1S/C22H36N4O/c1-22(2,3)21(27)23-16-20(26-13-11-24(4)12-14-26)18-8-9-19-17(15-18)7-6-10-25(19)5/h8-9,15,20H,6-7,10-14,16H2,1-5H3,(H,23,27). The summed E-state index contributed by atoms with van der Waals surface area (Å²) in [6.07, 6.45) is 2.37. The number of nitrogens with one attached hydrogen (secondary N) is 1. The second kappa shape index (κ2) is 8.19. The van der Waals surface area contributed by atoms with Gasteiger partial charge in [-0.25, -0.2) is 0 Å². The summed E-state index contributed by atoms with van der Waals surface area (Å²) in [5, 5.41) is 3.21. The molecule has 0 radical (unpaired) electrons. The van der Waals surface area contributed by atoms with Crippen molar-refractivity contribution in [3.63, 3.8) is 0 Å². The molecule has 1 saturated heterocycles. The molecule has 0 bridgehead atoms. The first-order chi connectivity index (χ1) is 12.8. The van der Waals surface area contributed by atoms with Crippen molar-refractivity contribution in [2.24, 2.45) is 5.41 Å². The second-order valence-corrected chi connectivity index (χ2v) is 9.23. The van der Waals surface area contributed by atoms with E-state index in [0.717, 1.165) is 39.1 Å². The fourth-order valence-electron chi connectivity index (χ4n) is 4.06. The molecule has 1 aromatic carbocycles. The van der Waals surface area contributed by atoms with Crippen LogP contribution in [0.25, 0.3) is 0 Å². The van der Waals surface area contributed by atoms with Crippen molar-refractivity contribution < 1.29 is 4.79 Å². The molecule has 0 aliphatic carbocycles. The van der Waals surface area contributed by atoms with Gasteiger partial charge in [0.05, 0.1) is 6.04 Å². The lowest BCUT2D eigenvalue weighted by Crippen LogP contribution is -2.49. The molecule has 1 N–H and O–H groups in total. The Morgan fingerprint density at radius 1 is 1.11 bits per heavy atom. The van der Waals surface area contributed by atoms with Crippen molar-refractivity contribution in [3.05, 3.63) is 29.3 Å². The van der Waals surface area contributed by atoms with Crippen molar-refractivity contribution in [2.45, 2.75) is 39.7 Å². The van der Waals surface area contributed by atoms with E-state index in [1.54, 1.807) is 0 Å². The maximum absolute atomic E-state index is 12.5. The zero-order valence-corrected chi connectivity index (χ0v) is 17.7. The quantitative estimate of drug-likeness (QED) is 0.882. The van der Waals surface area contributed by atoms with Crippen LogP contribution in [-0.2, 0) is 11.2 Å². The lowest BCUT2D eigenvalue weighted by Gasteiger charge is -2.39. The number of piperazine rings is 1. The molecule has 1 amide bonds. The molecule has 2 heterocycles. The largest absolute Gasteiger partial charge is 0.374 e. The van der Waals surface area contributed by atoms with Gasteiger partial charge in [-0.05, 0) is 37.1 Å². The summed E-state index contributed by atoms with van der Waals surface area (Å²) in [5.74, 6) is 0.124. The zero-order chi connectivity index (χ0) is 19.6. The molecule has 2 aliphatic heterocycles. The molecule has 1 aromatic rings. The van der Waals surface area contributed by atoms with Gasteiger partial charge in [0.25, 0.3) is 0 Å². The SMILES string of the molecule is CN1CCN(C(CNC(=O)C(C)(C)C)c2ccc3c(c2)CCCN3C)CC1. The number of hydrogen-bond donors (Lipinski definition) is 1. The van der Waals surface area contributed by atoms with Gasteiger partial charge >= 0.3 is 0 Å². The van der Waals surface area contributed by atoms with E-state index in [-0.39, 0.29) is 17.4 Å². The lowest BCUT2D eigenvalue weighted by molar-refractivity contribution is -0.128. The van der Waals surface area contributed by atoms with Crippen LogP contribution >= 0.6 is 0 Å². The van der Waals surface area contributed by atoms with E-state index in [0.29, 0.717) is 6.54 Å². The highest BCUT2D eigenvalue weighted by Crippen LogP contribution is 2.31. The molecular formula is C22H36N4O. The van der Waals surface area contributed by atoms with Crippen LogP contribution in [0.2, 0.25) is 0 Å². The van der Waals surface area contributed by atoms with Gasteiger partial charge in [0, 0.05) is 57.4 Å². The predicted octanol–water partition coefficient (Wildman–Crippen LogP) is 2.52. The first kappa shape index (κ1) is 20.2. The summed E-state index contributed by atoms with van der Waals surface area (Å²) in [7, 11) is 4.36. The number of nitrogens with zero attached hydrogens (tertiary/aromatic N) is 3. The molecule has 1 unspecified atom stereocenters. The van der Waals surface area contributed by atoms with E-state index >= 15 is 0 Å². The third-order valence-electron chi connectivity index (χ3n) is 5.96. The van der Waals surface area contributed by atoms with E-state index in [1.165, 1.54) is 23.2 Å². The summed E-state index contributed by atoms with van der Waals surface area (Å²) >= 11 is 0. The highest BCUT2D eigenvalue weighted by molar-refractivity contribution is 5.81. The first-order valence-electron chi connectivity index (χ1n) is 10.3. The Hall–Kier alpha value is -1.59. The van der Waals surface area contributed by atoms with E-state index in [2.05, 4.69) is 52.3 Å². The monoisotopic (exact) mass is 372 g/mol. The average molecular weight is 373 g/mol. The number of amides is 1. The minimum absolute atomic E-state index is 0.124. The molecule has 150 valence electrons. The number of carbonyl (C=O) groups is 1. The average Bonchev–Trinajstić information content (AvgIpc) is 2.62. The minimum Gasteiger partial charge on any atom is -0.374 e. The molecular weight excluding hydrogens is 336 g/mol. The Kier molecular flexibility index (Phi) is 6.11. The topological polar surface area (TPSA) is 38.8 Å². The van der Waals surface area contributed by atoms with Crippen molar-refractivity contribution in [2.75, 3.05) is 58.3 Å². The summed E-state index contributed by atoms with van der Waals surface area (Å²) in [6.45, 7) is 12.0. The molecule has 5 heteroatoms. The summed E-state index contributed by atoms with van der Waals surface area (Å²) in [4.78, 5) is 19.7. The highest BCUT2D eigenvalue weighted by atomic mass is 16.2. The predicted molar refractivity (Wildman–Crippen MR) is 112 cm³/mol. The third kappa shape index (κ3) is 4.82. The van der Waals surface area contributed by atoms with E-state index in [9.17, 15) is 4.79 Å². The van der Waals surface area contributed by atoms with Gasteiger partial charge in [0.2, 0.25) is 5.91 Å². The first-order valence-corrected chi connectivity index (χ1v) is 10.3. The van der Waals surface area contributed by atoms with Gasteiger partial charge in [-0.2, -0.15) is 0 Å². The Morgan fingerprint density at radius 3 is 2.48 bits per heavy atom. The molecule has 5 nitrogen and oxygen atoms in total. The Labute approximate surface area is 164 Å². The molecule has 0 aromatic heterocycles. The summed E-state index contributed by atoms with van der Waals surface area (Å²) < 4.78 is 0. The van der Waals surface area contributed by atoms with Crippen molar-refractivity contribution >= 4 is 11.6 Å². The molecule has 3 rings (SSSR count). The smallest absolute Gasteiger partial charge is 0.225 e. The van der Waals surface area contributed by atoms with Crippen molar-refractivity contribution in [1.82, 2.24) is 15.1 Å². The maximum Gasteiger partial charge on any atom is 0.225 e. The fourth-order valence-corrected chi connectivity index (χ4v) is 4.06. The van der Waals surface area contributed by atoms with Crippen LogP contribution in [0.5, 0.6) is 0 Å².